The van der Waals surface area contributed by atoms with E-state index < -0.39 is 47.7 Å². The average molecular weight is 331 g/mol. The second-order valence-corrected chi connectivity index (χ2v) is 5.50. The van der Waals surface area contributed by atoms with E-state index in [4.69, 9.17) is 0 Å². The van der Waals surface area contributed by atoms with Crippen LogP contribution in [-0.2, 0) is 17.5 Å². The van der Waals surface area contributed by atoms with E-state index in [1.165, 1.54) is 0 Å². The Kier molecular flexibility index (Phi) is 5.09. The average Bonchev–Trinajstić information content (AvgIpc) is 2.90. The highest BCUT2D eigenvalue weighted by Gasteiger charge is 2.38. The molecule has 0 aromatic heterocycles. The van der Waals surface area contributed by atoms with Gasteiger partial charge < -0.3 is 10.0 Å². The lowest BCUT2D eigenvalue weighted by Gasteiger charge is -2.31. The highest BCUT2D eigenvalue weighted by atomic mass is 19.4. The number of alkyl halides is 3. The summed E-state index contributed by atoms with van der Waals surface area (Å²) in [6.45, 7) is 2.76. The van der Waals surface area contributed by atoms with Gasteiger partial charge in [-0.3, -0.25) is 4.79 Å². The predicted molar refractivity (Wildman–Crippen MR) is 75.8 cm³/mol. The third kappa shape index (κ3) is 3.72. The lowest BCUT2D eigenvalue weighted by Crippen LogP contribution is -2.43. The Labute approximate surface area is 131 Å². The van der Waals surface area contributed by atoms with Gasteiger partial charge in [-0.05, 0) is 37.5 Å². The van der Waals surface area contributed by atoms with Gasteiger partial charge in [0.2, 0.25) is 5.91 Å². The van der Waals surface area contributed by atoms with Gasteiger partial charge in [0.15, 0.2) is 0 Å². The lowest BCUT2D eigenvalue weighted by molar-refractivity contribution is -0.140. The summed E-state index contributed by atoms with van der Waals surface area (Å²) >= 11 is 0. The fourth-order valence-corrected chi connectivity index (χ4v) is 2.92. The second kappa shape index (κ2) is 6.70. The number of halogens is 4. The molecule has 1 saturated carbocycles. The number of amides is 1. The van der Waals surface area contributed by atoms with Gasteiger partial charge in [0.05, 0.1) is 17.7 Å². The van der Waals surface area contributed by atoms with E-state index in [2.05, 4.69) is 6.58 Å². The van der Waals surface area contributed by atoms with Crippen molar-refractivity contribution < 1.29 is 27.5 Å². The Morgan fingerprint density at radius 1 is 1.39 bits per heavy atom. The largest absolute Gasteiger partial charge is 0.416 e. The quantitative estimate of drug-likeness (QED) is 0.679. The minimum atomic E-state index is -4.73. The Balaban J connectivity index is 2.41. The van der Waals surface area contributed by atoms with E-state index in [9.17, 15) is 27.5 Å². The molecule has 0 spiro atoms. The topological polar surface area (TPSA) is 40.5 Å². The Morgan fingerprint density at radius 2 is 2.09 bits per heavy atom. The van der Waals surface area contributed by atoms with Crippen LogP contribution >= 0.6 is 0 Å². The van der Waals surface area contributed by atoms with Gasteiger partial charge in [-0.2, -0.15) is 13.2 Å². The first kappa shape index (κ1) is 17.5. The molecule has 1 N–H and O–H groups in total. The van der Waals surface area contributed by atoms with Crippen molar-refractivity contribution in [2.45, 2.75) is 44.1 Å². The second-order valence-electron chi connectivity index (χ2n) is 5.50. The van der Waals surface area contributed by atoms with Crippen LogP contribution in [0, 0.1) is 5.82 Å². The molecular formula is C16H17F4NO2. The summed E-state index contributed by atoms with van der Waals surface area (Å²) in [7, 11) is 0. The summed E-state index contributed by atoms with van der Waals surface area (Å²) in [6.07, 6.45) is -3.05. The van der Waals surface area contributed by atoms with Crippen LogP contribution in [0.1, 0.15) is 30.4 Å². The van der Waals surface area contributed by atoms with Gasteiger partial charge in [-0.15, -0.1) is 0 Å². The van der Waals surface area contributed by atoms with Gasteiger partial charge in [-0.25, -0.2) is 4.39 Å². The summed E-state index contributed by atoms with van der Waals surface area (Å²) in [5, 5.41) is 9.94. The lowest BCUT2D eigenvalue weighted by atomic mass is 10.0. The van der Waals surface area contributed by atoms with Gasteiger partial charge in [0.1, 0.15) is 5.82 Å². The van der Waals surface area contributed by atoms with Crippen LogP contribution in [0.2, 0.25) is 0 Å². The zero-order valence-corrected chi connectivity index (χ0v) is 12.3. The van der Waals surface area contributed by atoms with Gasteiger partial charge >= 0.3 is 6.18 Å². The molecule has 126 valence electrons. The molecule has 1 aliphatic rings. The molecule has 1 amide bonds. The van der Waals surface area contributed by atoms with Crippen LogP contribution in [0.3, 0.4) is 0 Å². The maximum absolute atomic E-state index is 14.0. The molecule has 3 nitrogen and oxygen atoms in total. The summed E-state index contributed by atoms with van der Waals surface area (Å²) in [5.74, 6) is -1.67. The first-order valence-electron chi connectivity index (χ1n) is 7.21. The number of rotatable bonds is 4. The molecule has 1 aliphatic carbocycles. The zero-order valence-electron chi connectivity index (χ0n) is 12.3. The molecule has 23 heavy (non-hydrogen) atoms. The molecule has 1 aromatic carbocycles. The normalized spacial score (nSPS) is 21.3. The molecule has 0 unspecified atom stereocenters. The van der Waals surface area contributed by atoms with E-state index in [-0.39, 0.29) is 0 Å². The summed E-state index contributed by atoms with van der Waals surface area (Å²) < 4.78 is 53.2. The van der Waals surface area contributed by atoms with E-state index in [1.54, 1.807) is 0 Å². The van der Waals surface area contributed by atoms with Crippen LogP contribution in [0.15, 0.2) is 30.9 Å². The number of aliphatic hydroxyl groups excluding tert-OH is 1. The molecule has 2 rings (SSSR count). The number of carbonyl (C=O) groups is 1. The van der Waals surface area contributed by atoms with E-state index in [0.29, 0.717) is 19.3 Å². The van der Waals surface area contributed by atoms with Crippen LogP contribution < -0.4 is 0 Å². The van der Waals surface area contributed by atoms with Crippen LogP contribution in [0.4, 0.5) is 17.6 Å². The van der Waals surface area contributed by atoms with E-state index >= 15 is 0 Å². The number of hydrogen-bond donors (Lipinski definition) is 1. The van der Waals surface area contributed by atoms with Crippen molar-refractivity contribution in [2.75, 3.05) is 0 Å². The maximum Gasteiger partial charge on any atom is 0.416 e. The monoisotopic (exact) mass is 331 g/mol. The standard InChI is InChI=1S/C16H17F4NO2/c1-2-15(23)21(13-7-4-8-14(13)22)9-10-11(16(18,19)20)5-3-6-12(10)17/h2-3,5-6,13-14,22H,1,4,7-9H2/t13-,14-/m1/s1. The predicted octanol–water partition coefficient (Wildman–Crippen LogP) is 3.27. The van der Waals surface area contributed by atoms with E-state index in [0.717, 1.165) is 29.2 Å². The molecule has 0 radical (unpaired) electrons. The Bertz CT molecular complexity index is 600. The van der Waals surface area contributed by atoms with Crippen LogP contribution in [0.25, 0.3) is 0 Å². The molecule has 0 bridgehead atoms. The smallest absolute Gasteiger partial charge is 0.391 e. The SMILES string of the molecule is C=CC(=O)N(Cc1c(F)cccc1C(F)(F)F)[C@@H]1CCC[C@H]1O. The number of carbonyl (C=O) groups excluding carboxylic acids is 1. The molecule has 1 aromatic rings. The Hall–Kier alpha value is -1.89. The van der Waals surface area contributed by atoms with Crippen molar-refractivity contribution in [1.82, 2.24) is 4.90 Å². The summed E-state index contributed by atoms with van der Waals surface area (Å²) in [5.41, 5.74) is -1.72. The maximum atomic E-state index is 14.0. The van der Waals surface area contributed by atoms with Crippen LogP contribution in [0.5, 0.6) is 0 Å². The molecular weight excluding hydrogens is 314 g/mol. The number of benzene rings is 1. The van der Waals surface area contributed by atoms with Crippen molar-refractivity contribution in [3.05, 3.63) is 47.8 Å². The van der Waals surface area contributed by atoms with Crippen molar-refractivity contribution in [2.24, 2.45) is 0 Å². The van der Waals surface area contributed by atoms with Gasteiger partial charge in [0, 0.05) is 12.1 Å². The third-order valence-corrected chi connectivity index (χ3v) is 4.05. The zero-order chi connectivity index (χ0) is 17.2. The minimum absolute atomic E-state index is 0.453. The first-order chi connectivity index (χ1) is 10.8. The number of hydrogen-bond acceptors (Lipinski definition) is 2. The Morgan fingerprint density at radius 3 is 2.61 bits per heavy atom. The molecule has 0 heterocycles. The first-order valence-corrected chi connectivity index (χ1v) is 7.21. The minimum Gasteiger partial charge on any atom is -0.391 e. The molecule has 2 atom stereocenters. The highest BCUT2D eigenvalue weighted by molar-refractivity contribution is 5.87. The van der Waals surface area contributed by atoms with Gasteiger partial charge in [0.25, 0.3) is 0 Å². The third-order valence-electron chi connectivity index (χ3n) is 4.05. The number of nitrogens with zero attached hydrogens (tertiary/aromatic N) is 1. The van der Waals surface area contributed by atoms with Crippen molar-refractivity contribution in [3.63, 3.8) is 0 Å². The van der Waals surface area contributed by atoms with Crippen LogP contribution in [-0.4, -0.2) is 28.1 Å². The van der Waals surface area contributed by atoms with Crippen molar-refractivity contribution >= 4 is 5.91 Å². The van der Waals surface area contributed by atoms with Crippen molar-refractivity contribution in [3.8, 4) is 0 Å². The molecule has 7 heteroatoms. The molecule has 0 saturated heterocycles. The van der Waals surface area contributed by atoms with E-state index in [1.807, 2.05) is 0 Å². The number of aliphatic hydroxyl groups is 1. The summed E-state index contributed by atoms with van der Waals surface area (Å²) in [6, 6.07) is 2.04. The van der Waals surface area contributed by atoms with Crippen molar-refractivity contribution in [1.29, 1.82) is 0 Å². The highest BCUT2D eigenvalue weighted by Crippen LogP contribution is 2.35. The fraction of sp³-hybridized carbons (Fsp3) is 0.438. The molecule has 1 fully saturated rings. The van der Waals surface area contributed by atoms with Gasteiger partial charge in [-0.1, -0.05) is 12.6 Å². The fourth-order valence-electron chi connectivity index (χ4n) is 2.92. The summed E-state index contributed by atoms with van der Waals surface area (Å²) in [4.78, 5) is 13.1. The molecule has 0 aliphatic heterocycles.